The molecule has 0 heterocycles. The predicted octanol–water partition coefficient (Wildman–Crippen LogP) is 2.20. The van der Waals surface area contributed by atoms with E-state index < -0.39 is 0 Å². The number of carbonyl (C=O) groups is 1. The van der Waals surface area contributed by atoms with Crippen LogP contribution in [0.2, 0.25) is 0 Å². The van der Waals surface area contributed by atoms with Crippen molar-refractivity contribution in [3.63, 3.8) is 0 Å². The number of nitrogens with two attached hydrogens (primary N) is 1. The van der Waals surface area contributed by atoms with E-state index in [9.17, 15) is 4.79 Å². The Balaban J connectivity index is 2.56. The quantitative estimate of drug-likeness (QED) is 0.755. The largest absolute Gasteiger partial charge is 0.353 e. The summed E-state index contributed by atoms with van der Waals surface area (Å²) < 4.78 is 0. The van der Waals surface area contributed by atoms with E-state index in [4.69, 9.17) is 5.73 Å². The molecule has 0 aromatic heterocycles. The topological polar surface area (TPSA) is 55.1 Å². The van der Waals surface area contributed by atoms with Crippen LogP contribution in [0.3, 0.4) is 0 Å². The lowest BCUT2D eigenvalue weighted by Crippen LogP contribution is -2.50. The molecule has 0 saturated heterocycles. The molecule has 0 aliphatic heterocycles. The van der Waals surface area contributed by atoms with Gasteiger partial charge in [0.2, 0.25) is 5.91 Å². The van der Waals surface area contributed by atoms with Crippen molar-refractivity contribution >= 4 is 5.91 Å². The molecule has 0 aromatic carbocycles. The van der Waals surface area contributed by atoms with Crippen LogP contribution in [0, 0.1) is 5.41 Å². The van der Waals surface area contributed by atoms with Gasteiger partial charge in [0.05, 0.1) is 5.41 Å². The summed E-state index contributed by atoms with van der Waals surface area (Å²) in [7, 11) is 0. The van der Waals surface area contributed by atoms with Crippen LogP contribution in [0.4, 0.5) is 0 Å². The molecule has 1 amide bonds. The molecule has 3 N–H and O–H groups in total. The molecular weight excluding hydrogens is 200 g/mol. The molecule has 94 valence electrons. The number of hydrogen-bond acceptors (Lipinski definition) is 2. The molecule has 0 radical (unpaired) electrons. The van der Waals surface area contributed by atoms with Crippen LogP contribution in [0.15, 0.2) is 0 Å². The van der Waals surface area contributed by atoms with Gasteiger partial charge in [0.25, 0.3) is 0 Å². The lowest BCUT2D eigenvalue weighted by molar-refractivity contribution is -0.131. The summed E-state index contributed by atoms with van der Waals surface area (Å²) in [6, 6.07) is 0.355. The van der Waals surface area contributed by atoms with Gasteiger partial charge in [0, 0.05) is 12.1 Å². The summed E-state index contributed by atoms with van der Waals surface area (Å²) in [6.45, 7) is 6.29. The second kappa shape index (κ2) is 5.67. The second-order valence-corrected chi connectivity index (χ2v) is 5.28. The fourth-order valence-corrected chi connectivity index (χ4v) is 2.55. The molecule has 16 heavy (non-hydrogen) atoms. The van der Waals surface area contributed by atoms with E-state index in [0.29, 0.717) is 6.04 Å². The first kappa shape index (κ1) is 13.5. The maximum Gasteiger partial charge on any atom is 0.227 e. The van der Waals surface area contributed by atoms with Crippen LogP contribution in [0.5, 0.6) is 0 Å². The highest BCUT2D eigenvalue weighted by molar-refractivity contribution is 5.83. The zero-order chi connectivity index (χ0) is 12.2. The predicted molar refractivity (Wildman–Crippen MR) is 67.1 cm³/mol. The molecule has 1 aliphatic carbocycles. The van der Waals surface area contributed by atoms with Crippen molar-refractivity contribution in [1.29, 1.82) is 0 Å². The van der Waals surface area contributed by atoms with Crippen LogP contribution in [-0.4, -0.2) is 18.0 Å². The van der Waals surface area contributed by atoms with Gasteiger partial charge in [-0.05, 0) is 32.6 Å². The highest BCUT2D eigenvalue weighted by atomic mass is 16.2. The third-order valence-electron chi connectivity index (χ3n) is 4.01. The number of carbonyl (C=O) groups excluding carboxylic acids is 1. The van der Waals surface area contributed by atoms with Crippen LogP contribution >= 0.6 is 0 Å². The third-order valence-corrected chi connectivity index (χ3v) is 4.01. The van der Waals surface area contributed by atoms with Crippen molar-refractivity contribution in [2.75, 3.05) is 0 Å². The summed E-state index contributed by atoms with van der Waals surface area (Å²) in [5.41, 5.74) is 5.71. The molecule has 1 fully saturated rings. The molecule has 0 aromatic rings. The van der Waals surface area contributed by atoms with Crippen molar-refractivity contribution in [2.45, 2.75) is 71.4 Å². The van der Waals surface area contributed by atoms with Crippen LogP contribution in [0.25, 0.3) is 0 Å². The summed E-state index contributed by atoms with van der Waals surface area (Å²) in [5, 5.41) is 3.16. The Hall–Kier alpha value is -0.570. The van der Waals surface area contributed by atoms with E-state index in [0.717, 1.165) is 38.5 Å². The Morgan fingerprint density at radius 1 is 1.56 bits per heavy atom. The van der Waals surface area contributed by atoms with E-state index in [1.807, 2.05) is 6.92 Å². The Morgan fingerprint density at radius 2 is 2.25 bits per heavy atom. The van der Waals surface area contributed by atoms with E-state index in [1.54, 1.807) is 0 Å². The number of amides is 1. The first-order valence-electron chi connectivity index (χ1n) is 6.61. The Morgan fingerprint density at radius 3 is 2.69 bits per heavy atom. The maximum atomic E-state index is 12.2. The number of rotatable bonds is 5. The lowest BCUT2D eigenvalue weighted by Gasteiger charge is -2.30. The van der Waals surface area contributed by atoms with Crippen molar-refractivity contribution in [3.8, 4) is 0 Å². The molecule has 3 unspecified atom stereocenters. The minimum absolute atomic E-state index is 0.0339. The van der Waals surface area contributed by atoms with E-state index in [-0.39, 0.29) is 17.4 Å². The molecule has 3 heteroatoms. The number of nitrogens with one attached hydrogen (secondary N) is 1. The maximum absolute atomic E-state index is 12.2. The molecule has 3 atom stereocenters. The summed E-state index contributed by atoms with van der Waals surface area (Å²) in [6.07, 6.45) is 6.17. The normalized spacial score (nSPS) is 31.4. The number of hydrogen-bond donors (Lipinski definition) is 2. The van der Waals surface area contributed by atoms with Crippen molar-refractivity contribution in [2.24, 2.45) is 11.1 Å². The minimum atomic E-state index is -0.332. The summed E-state index contributed by atoms with van der Waals surface area (Å²) >= 11 is 0. The van der Waals surface area contributed by atoms with Gasteiger partial charge in [0.1, 0.15) is 0 Å². The molecule has 1 saturated carbocycles. The van der Waals surface area contributed by atoms with E-state index in [2.05, 4.69) is 19.2 Å². The third kappa shape index (κ3) is 2.76. The van der Waals surface area contributed by atoms with Gasteiger partial charge in [-0.25, -0.2) is 0 Å². The van der Waals surface area contributed by atoms with Crippen molar-refractivity contribution < 1.29 is 4.79 Å². The van der Waals surface area contributed by atoms with Gasteiger partial charge >= 0.3 is 0 Å². The smallest absolute Gasteiger partial charge is 0.227 e. The first-order chi connectivity index (χ1) is 7.54. The Kier molecular flexibility index (Phi) is 4.78. The van der Waals surface area contributed by atoms with Gasteiger partial charge < -0.3 is 11.1 Å². The SMILES string of the molecule is CCCC(CC)NC(=O)C1(C)CCCC1N. The van der Waals surface area contributed by atoms with Gasteiger partial charge in [0.15, 0.2) is 0 Å². The van der Waals surface area contributed by atoms with Crippen LogP contribution < -0.4 is 11.1 Å². The molecule has 1 rings (SSSR count). The zero-order valence-electron chi connectivity index (χ0n) is 10.9. The van der Waals surface area contributed by atoms with Gasteiger partial charge in [-0.1, -0.05) is 26.7 Å². The Labute approximate surface area is 99.2 Å². The molecule has 1 aliphatic rings. The average Bonchev–Trinajstić information content (AvgIpc) is 2.60. The molecule has 0 bridgehead atoms. The van der Waals surface area contributed by atoms with E-state index >= 15 is 0 Å². The van der Waals surface area contributed by atoms with Gasteiger partial charge in [-0.3, -0.25) is 4.79 Å². The minimum Gasteiger partial charge on any atom is -0.353 e. The zero-order valence-corrected chi connectivity index (χ0v) is 10.9. The molecule has 3 nitrogen and oxygen atoms in total. The molecular formula is C13H26N2O. The highest BCUT2D eigenvalue weighted by Crippen LogP contribution is 2.36. The Bertz CT molecular complexity index is 242. The van der Waals surface area contributed by atoms with Crippen molar-refractivity contribution in [3.05, 3.63) is 0 Å². The summed E-state index contributed by atoms with van der Waals surface area (Å²) in [5.74, 6) is 0.165. The standard InChI is InChI=1S/C13H26N2O/c1-4-7-10(5-2)15-12(16)13(3)9-6-8-11(13)14/h10-11H,4-9,14H2,1-3H3,(H,15,16). The molecule has 0 spiro atoms. The van der Waals surface area contributed by atoms with Gasteiger partial charge in [-0.2, -0.15) is 0 Å². The van der Waals surface area contributed by atoms with Crippen LogP contribution in [-0.2, 0) is 4.79 Å². The van der Waals surface area contributed by atoms with E-state index in [1.165, 1.54) is 0 Å². The highest BCUT2D eigenvalue weighted by Gasteiger charge is 2.43. The first-order valence-corrected chi connectivity index (χ1v) is 6.61. The summed E-state index contributed by atoms with van der Waals surface area (Å²) in [4.78, 5) is 12.2. The fourth-order valence-electron chi connectivity index (χ4n) is 2.55. The fraction of sp³-hybridized carbons (Fsp3) is 0.923. The van der Waals surface area contributed by atoms with Crippen LogP contribution in [0.1, 0.15) is 59.3 Å². The monoisotopic (exact) mass is 226 g/mol. The average molecular weight is 226 g/mol. The second-order valence-electron chi connectivity index (χ2n) is 5.28. The van der Waals surface area contributed by atoms with Crippen molar-refractivity contribution in [1.82, 2.24) is 5.32 Å². The lowest BCUT2D eigenvalue weighted by atomic mass is 9.84. The van der Waals surface area contributed by atoms with Gasteiger partial charge in [-0.15, -0.1) is 0 Å².